The Balaban J connectivity index is 2.81. The minimum absolute atomic E-state index is 0.386. The van der Waals surface area contributed by atoms with Crippen molar-refractivity contribution in [2.45, 2.75) is 40.5 Å². The SMILES string of the molecule is C=C(/C=C/C)C1CCC(C)(C)C=C1C. The third-order valence-corrected chi connectivity index (χ3v) is 3.07. The van der Waals surface area contributed by atoms with E-state index in [-0.39, 0.29) is 0 Å². The van der Waals surface area contributed by atoms with Crippen LogP contribution < -0.4 is 0 Å². The van der Waals surface area contributed by atoms with Crippen LogP contribution in [0.4, 0.5) is 0 Å². The van der Waals surface area contributed by atoms with E-state index in [1.165, 1.54) is 24.0 Å². The topological polar surface area (TPSA) is 0 Å². The molecule has 0 aromatic heterocycles. The predicted molar refractivity (Wildman–Crippen MR) is 64.2 cm³/mol. The van der Waals surface area contributed by atoms with Gasteiger partial charge in [-0.3, -0.25) is 0 Å². The van der Waals surface area contributed by atoms with E-state index in [1.54, 1.807) is 0 Å². The summed E-state index contributed by atoms with van der Waals surface area (Å²) in [7, 11) is 0. The molecule has 0 radical (unpaired) electrons. The highest BCUT2D eigenvalue weighted by Crippen LogP contribution is 2.39. The largest absolute Gasteiger partial charge is 0.0952 e. The number of hydrogen-bond acceptors (Lipinski definition) is 0. The number of rotatable bonds is 2. The smallest absolute Gasteiger partial charge is 0.00399 e. The molecule has 1 aliphatic carbocycles. The van der Waals surface area contributed by atoms with Gasteiger partial charge in [0.2, 0.25) is 0 Å². The van der Waals surface area contributed by atoms with Gasteiger partial charge in [-0.2, -0.15) is 0 Å². The first-order valence-electron chi connectivity index (χ1n) is 5.47. The van der Waals surface area contributed by atoms with Crippen LogP contribution >= 0.6 is 0 Å². The Bertz CT molecular complexity index is 276. The monoisotopic (exact) mass is 190 g/mol. The fraction of sp³-hybridized carbons (Fsp3) is 0.571. The van der Waals surface area contributed by atoms with E-state index in [0.29, 0.717) is 11.3 Å². The first-order chi connectivity index (χ1) is 6.46. The Morgan fingerprint density at radius 1 is 1.57 bits per heavy atom. The molecule has 1 rings (SSSR count). The quantitative estimate of drug-likeness (QED) is 0.444. The van der Waals surface area contributed by atoms with Gasteiger partial charge >= 0.3 is 0 Å². The Morgan fingerprint density at radius 3 is 2.71 bits per heavy atom. The normalized spacial score (nSPS) is 26.3. The van der Waals surface area contributed by atoms with Gasteiger partial charge in [0.25, 0.3) is 0 Å². The van der Waals surface area contributed by atoms with Crippen molar-refractivity contribution in [3.63, 3.8) is 0 Å². The van der Waals surface area contributed by atoms with Crippen molar-refractivity contribution < 1.29 is 0 Å². The summed E-state index contributed by atoms with van der Waals surface area (Å²) >= 11 is 0. The summed E-state index contributed by atoms with van der Waals surface area (Å²) in [6.45, 7) is 13.0. The van der Waals surface area contributed by atoms with Crippen LogP contribution in [-0.2, 0) is 0 Å². The first-order valence-corrected chi connectivity index (χ1v) is 5.47. The zero-order valence-corrected chi connectivity index (χ0v) is 9.93. The van der Waals surface area contributed by atoms with Crippen LogP contribution in [0.1, 0.15) is 40.5 Å². The fourth-order valence-corrected chi connectivity index (χ4v) is 2.34. The van der Waals surface area contributed by atoms with Gasteiger partial charge in [-0.05, 0) is 37.7 Å². The summed E-state index contributed by atoms with van der Waals surface area (Å²) in [5.41, 5.74) is 3.14. The lowest BCUT2D eigenvalue weighted by Crippen LogP contribution is -2.19. The lowest BCUT2D eigenvalue weighted by molar-refractivity contribution is 0.367. The molecule has 0 nitrogen and oxygen atoms in total. The second-order valence-electron chi connectivity index (χ2n) is 5.04. The summed E-state index contributed by atoms with van der Waals surface area (Å²) in [6, 6.07) is 0. The molecular formula is C14H22. The molecule has 0 aliphatic heterocycles. The second-order valence-corrected chi connectivity index (χ2v) is 5.04. The van der Waals surface area contributed by atoms with E-state index in [2.05, 4.69) is 52.5 Å². The second kappa shape index (κ2) is 4.16. The van der Waals surface area contributed by atoms with Gasteiger partial charge in [0.15, 0.2) is 0 Å². The molecule has 1 aliphatic rings. The van der Waals surface area contributed by atoms with Gasteiger partial charge in [0, 0.05) is 5.92 Å². The lowest BCUT2D eigenvalue weighted by Gasteiger charge is -2.32. The average Bonchev–Trinajstić information content (AvgIpc) is 2.02. The van der Waals surface area contributed by atoms with Crippen molar-refractivity contribution in [1.29, 1.82) is 0 Å². The molecule has 14 heavy (non-hydrogen) atoms. The zero-order chi connectivity index (χ0) is 10.8. The lowest BCUT2D eigenvalue weighted by atomic mass is 9.73. The molecule has 0 bridgehead atoms. The van der Waals surface area contributed by atoms with Crippen LogP contribution in [0, 0.1) is 11.3 Å². The molecule has 0 amide bonds. The Kier molecular flexibility index (Phi) is 3.36. The first kappa shape index (κ1) is 11.3. The molecule has 0 aromatic rings. The van der Waals surface area contributed by atoms with E-state index < -0.39 is 0 Å². The van der Waals surface area contributed by atoms with Crippen molar-refractivity contribution in [2.24, 2.45) is 11.3 Å². The highest BCUT2D eigenvalue weighted by molar-refractivity contribution is 5.29. The molecule has 1 atom stereocenters. The van der Waals surface area contributed by atoms with Crippen molar-refractivity contribution in [2.75, 3.05) is 0 Å². The summed E-state index contributed by atoms with van der Waals surface area (Å²) < 4.78 is 0. The van der Waals surface area contributed by atoms with Gasteiger partial charge in [-0.1, -0.05) is 44.2 Å². The van der Waals surface area contributed by atoms with Gasteiger partial charge in [-0.25, -0.2) is 0 Å². The van der Waals surface area contributed by atoms with Gasteiger partial charge in [0.05, 0.1) is 0 Å². The number of hydrogen-bond donors (Lipinski definition) is 0. The van der Waals surface area contributed by atoms with E-state index in [0.717, 1.165) is 0 Å². The van der Waals surface area contributed by atoms with E-state index >= 15 is 0 Å². The molecule has 0 spiro atoms. The summed E-state index contributed by atoms with van der Waals surface area (Å²) in [5.74, 6) is 0.583. The molecule has 0 aromatic carbocycles. The summed E-state index contributed by atoms with van der Waals surface area (Å²) in [6.07, 6.45) is 9.15. The van der Waals surface area contributed by atoms with Crippen molar-refractivity contribution in [3.05, 3.63) is 36.0 Å². The molecular weight excluding hydrogens is 168 g/mol. The van der Waals surface area contributed by atoms with E-state index in [1.807, 2.05) is 0 Å². The van der Waals surface area contributed by atoms with Crippen LogP contribution in [0.15, 0.2) is 36.0 Å². The van der Waals surface area contributed by atoms with Crippen LogP contribution in [-0.4, -0.2) is 0 Å². The summed E-state index contributed by atoms with van der Waals surface area (Å²) in [5, 5.41) is 0. The molecule has 0 heterocycles. The van der Waals surface area contributed by atoms with Crippen LogP contribution in [0.25, 0.3) is 0 Å². The maximum Gasteiger partial charge on any atom is 0.00399 e. The van der Waals surface area contributed by atoms with Crippen LogP contribution in [0.5, 0.6) is 0 Å². The Morgan fingerprint density at radius 2 is 2.21 bits per heavy atom. The third-order valence-electron chi connectivity index (χ3n) is 3.07. The minimum atomic E-state index is 0.386. The molecule has 0 saturated carbocycles. The minimum Gasteiger partial charge on any atom is -0.0952 e. The Hall–Kier alpha value is -0.780. The van der Waals surface area contributed by atoms with Gasteiger partial charge in [-0.15, -0.1) is 0 Å². The molecule has 0 heteroatoms. The molecule has 78 valence electrons. The fourth-order valence-electron chi connectivity index (χ4n) is 2.34. The number of allylic oxidation sites excluding steroid dienone is 5. The van der Waals surface area contributed by atoms with Crippen molar-refractivity contribution in [1.82, 2.24) is 0 Å². The average molecular weight is 190 g/mol. The summed E-state index contributed by atoms with van der Waals surface area (Å²) in [4.78, 5) is 0. The predicted octanol–water partition coefficient (Wildman–Crippen LogP) is 4.50. The Labute approximate surface area is 88.4 Å². The van der Waals surface area contributed by atoms with Gasteiger partial charge < -0.3 is 0 Å². The third kappa shape index (κ3) is 2.60. The standard InChI is InChI=1S/C14H22/c1-6-7-11(2)13-8-9-14(4,5)10-12(13)3/h6-7,10,13H,2,8-9H2,1,3-5H3/b7-6+. The molecule has 0 saturated heterocycles. The molecule has 1 unspecified atom stereocenters. The maximum absolute atomic E-state index is 4.14. The maximum atomic E-state index is 4.14. The molecule has 0 fully saturated rings. The van der Waals surface area contributed by atoms with Crippen molar-refractivity contribution >= 4 is 0 Å². The highest BCUT2D eigenvalue weighted by Gasteiger charge is 2.25. The molecule has 0 N–H and O–H groups in total. The van der Waals surface area contributed by atoms with Crippen molar-refractivity contribution in [3.8, 4) is 0 Å². The zero-order valence-electron chi connectivity index (χ0n) is 9.93. The van der Waals surface area contributed by atoms with Crippen LogP contribution in [0.2, 0.25) is 0 Å². The van der Waals surface area contributed by atoms with Gasteiger partial charge in [0.1, 0.15) is 0 Å². The van der Waals surface area contributed by atoms with E-state index in [4.69, 9.17) is 0 Å². The van der Waals surface area contributed by atoms with Crippen LogP contribution in [0.3, 0.4) is 0 Å². The highest BCUT2D eigenvalue weighted by atomic mass is 14.3. The van der Waals surface area contributed by atoms with E-state index in [9.17, 15) is 0 Å².